The summed E-state index contributed by atoms with van der Waals surface area (Å²) in [4.78, 5) is 39.8. The monoisotopic (exact) mass is 537 g/mol. The Morgan fingerprint density at radius 1 is 0.975 bits per heavy atom. The van der Waals surface area contributed by atoms with E-state index in [-0.39, 0.29) is 11.3 Å². The van der Waals surface area contributed by atoms with Crippen molar-refractivity contribution in [2.45, 2.75) is 33.1 Å². The number of carbonyl (C=O) groups is 2. The largest absolute Gasteiger partial charge is 0.438 e. The van der Waals surface area contributed by atoms with Gasteiger partial charge < -0.3 is 25.6 Å². The van der Waals surface area contributed by atoms with Crippen LogP contribution in [0.5, 0.6) is 11.6 Å². The van der Waals surface area contributed by atoms with Gasteiger partial charge in [-0.3, -0.25) is 4.79 Å². The first-order chi connectivity index (χ1) is 19.1. The molecule has 0 radical (unpaired) electrons. The van der Waals surface area contributed by atoms with Gasteiger partial charge in [-0.25, -0.2) is 19.7 Å². The highest BCUT2D eigenvalue weighted by atomic mass is 16.5. The summed E-state index contributed by atoms with van der Waals surface area (Å²) in [6, 6.07) is 16.1. The summed E-state index contributed by atoms with van der Waals surface area (Å²) in [5.74, 6) is 1.48. The lowest BCUT2D eigenvalue weighted by Crippen LogP contribution is -2.32. The summed E-state index contributed by atoms with van der Waals surface area (Å²) in [6.45, 7) is 8.27. The maximum absolute atomic E-state index is 12.8. The van der Waals surface area contributed by atoms with Crippen LogP contribution < -0.4 is 25.6 Å². The Morgan fingerprint density at radius 3 is 2.45 bits per heavy atom. The van der Waals surface area contributed by atoms with E-state index in [9.17, 15) is 9.59 Å². The van der Waals surface area contributed by atoms with E-state index in [1.165, 1.54) is 0 Å². The van der Waals surface area contributed by atoms with E-state index in [0.717, 1.165) is 22.4 Å². The number of pyridine rings is 1. The molecule has 4 aromatic rings. The molecule has 0 saturated heterocycles. The van der Waals surface area contributed by atoms with Gasteiger partial charge in [-0.05, 0) is 66.6 Å². The number of carbonyl (C=O) groups excluding carboxylic acids is 2. The molecule has 0 fully saturated rings. The number of aromatic nitrogens is 3. The summed E-state index contributed by atoms with van der Waals surface area (Å²) in [7, 11) is 1.76. The Balaban J connectivity index is 1.29. The van der Waals surface area contributed by atoms with E-state index in [1.807, 2.05) is 43.3 Å². The van der Waals surface area contributed by atoms with Crippen molar-refractivity contribution in [3.05, 3.63) is 78.1 Å². The molecule has 2 aromatic carbocycles. The number of rotatable bonds is 6. The second kappa shape index (κ2) is 10.6. The number of benzene rings is 2. The molecular weight excluding hydrogens is 506 g/mol. The Hall–Kier alpha value is -4.99. The Morgan fingerprint density at radius 2 is 1.73 bits per heavy atom. The summed E-state index contributed by atoms with van der Waals surface area (Å²) >= 11 is 0. The molecule has 3 N–H and O–H groups in total. The summed E-state index contributed by atoms with van der Waals surface area (Å²) in [5, 5.41) is 8.67. The third-order valence-corrected chi connectivity index (χ3v) is 6.77. The molecule has 0 aliphatic carbocycles. The number of amides is 3. The number of nitrogens with zero attached hydrogens (tertiary/aromatic N) is 4. The van der Waals surface area contributed by atoms with Crippen molar-refractivity contribution in [1.82, 2.24) is 15.0 Å². The molecule has 1 aliphatic heterocycles. The van der Waals surface area contributed by atoms with Gasteiger partial charge in [0.1, 0.15) is 5.75 Å². The second-order valence-corrected chi connectivity index (χ2v) is 10.3. The van der Waals surface area contributed by atoms with Gasteiger partial charge in [0.2, 0.25) is 17.7 Å². The van der Waals surface area contributed by atoms with E-state index in [0.29, 0.717) is 41.2 Å². The quantitative estimate of drug-likeness (QED) is 0.277. The number of hydrogen-bond donors (Lipinski definition) is 3. The predicted octanol–water partition coefficient (Wildman–Crippen LogP) is 5.97. The standard InChI is InChI=1S/C30H31N7O3/c1-18-15-20(34-29(39)35-21-8-10-23-25(16-21)37(19(2)38)17-30(23,3)4)9-11-26(18)40-27-22(7-6-13-32-27)24-12-14-33-28(31-5)36-24/h6-16H,17H2,1-5H3,(H,31,33,36)(H2,34,35,39). The first kappa shape index (κ1) is 26.6. The summed E-state index contributed by atoms with van der Waals surface area (Å²) in [6.07, 6.45) is 3.33. The SMILES string of the molecule is CNc1nccc(-c2cccnc2Oc2ccc(NC(=O)Nc3ccc4c(c3)N(C(C)=O)CC4(C)C)cc2C)n1. The highest BCUT2D eigenvalue weighted by molar-refractivity contribution is 6.01. The molecule has 0 saturated carbocycles. The van der Waals surface area contributed by atoms with Gasteiger partial charge in [0, 0.05) is 55.4 Å². The number of ether oxygens (including phenoxy) is 1. The number of nitrogens with one attached hydrogen (secondary N) is 3. The molecule has 204 valence electrons. The van der Waals surface area contributed by atoms with Crippen LogP contribution in [0.15, 0.2) is 67.0 Å². The molecule has 10 heteroatoms. The third kappa shape index (κ3) is 5.42. The molecule has 1 aliphatic rings. The molecular formula is C30H31N7O3. The van der Waals surface area contributed by atoms with E-state index in [4.69, 9.17) is 4.74 Å². The highest BCUT2D eigenvalue weighted by Crippen LogP contribution is 2.42. The molecule has 0 spiro atoms. The second-order valence-electron chi connectivity index (χ2n) is 10.3. The minimum Gasteiger partial charge on any atom is -0.438 e. The van der Waals surface area contributed by atoms with Gasteiger partial charge in [-0.2, -0.15) is 0 Å². The van der Waals surface area contributed by atoms with E-state index in [2.05, 4.69) is 44.7 Å². The fraction of sp³-hybridized carbons (Fsp3) is 0.233. The first-order valence-corrected chi connectivity index (χ1v) is 12.9. The zero-order valence-corrected chi connectivity index (χ0v) is 23.1. The molecule has 40 heavy (non-hydrogen) atoms. The van der Waals surface area contributed by atoms with Gasteiger partial charge in [0.25, 0.3) is 0 Å². The Kier molecular flexibility index (Phi) is 7.08. The maximum atomic E-state index is 12.8. The Labute approximate surface area is 232 Å². The average molecular weight is 538 g/mol. The van der Waals surface area contributed by atoms with Crippen molar-refractivity contribution >= 4 is 34.9 Å². The zero-order chi connectivity index (χ0) is 28.4. The zero-order valence-electron chi connectivity index (χ0n) is 23.1. The van der Waals surface area contributed by atoms with Crippen molar-refractivity contribution in [2.75, 3.05) is 34.4 Å². The Bertz CT molecular complexity index is 1600. The van der Waals surface area contributed by atoms with Crippen LogP contribution in [0.3, 0.4) is 0 Å². The van der Waals surface area contributed by atoms with Crippen LogP contribution in [-0.4, -0.2) is 40.5 Å². The number of aryl methyl sites for hydroxylation is 1. The number of anilines is 4. The molecule has 10 nitrogen and oxygen atoms in total. The van der Waals surface area contributed by atoms with Crippen molar-refractivity contribution < 1.29 is 14.3 Å². The third-order valence-electron chi connectivity index (χ3n) is 6.77. The van der Waals surface area contributed by atoms with Crippen molar-refractivity contribution in [1.29, 1.82) is 0 Å². The fourth-order valence-corrected chi connectivity index (χ4v) is 4.79. The molecule has 2 aromatic heterocycles. The summed E-state index contributed by atoms with van der Waals surface area (Å²) in [5.41, 5.74) is 5.18. The van der Waals surface area contributed by atoms with Crippen LogP contribution in [-0.2, 0) is 10.2 Å². The maximum Gasteiger partial charge on any atom is 0.323 e. The van der Waals surface area contributed by atoms with E-state index < -0.39 is 6.03 Å². The molecule has 0 atom stereocenters. The molecule has 0 bridgehead atoms. The average Bonchev–Trinajstić information content (AvgIpc) is 3.20. The van der Waals surface area contributed by atoms with Crippen molar-refractivity contribution in [3.8, 4) is 22.9 Å². The smallest absolute Gasteiger partial charge is 0.323 e. The van der Waals surface area contributed by atoms with Gasteiger partial charge in [-0.15, -0.1) is 0 Å². The van der Waals surface area contributed by atoms with Crippen LogP contribution in [0.4, 0.5) is 27.8 Å². The fourth-order valence-electron chi connectivity index (χ4n) is 4.79. The predicted molar refractivity (Wildman–Crippen MR) is 156 cm³/mol. The number of fused-ring (bicyclic) bond motifs is 1. The van der Waals surface area contributed by atoms with E-state index >= 15 is 0 Å². The topological polar surface area (TPSA) is 121 Å². The van der Waals surface area contributed by atoms with Gasteiger partial charge in [-0.1, -0.05) is 19.9 Å². The minimum absolute atomic E-state index is 0.0243. The lowest BCUT2D eigenvalue weighted by Gasteiger charge is -2.19. The van der Waals surface area contributed by atoms with Gasteiger partial charge in [0.15, 0.2) is 0 Å². The van der Waals surface area contributed by atoms with Crippen LogP contribution in [0.2, 0.25) is 0 Å². The van der Waals surface area contributed by atoms with Gasteiger partial charge in [0.05, 0.1) is 11.3 Å². The van der Waals surface area contributed by atoms with Crippen molar-refractivity contribution in [2.24, 2.45) is 0 Å². The number of urea groups is 1. The molecule has 3 heterocycles. The first-order valence-electron chi connectivity index (χ1n) is 12.9. The molecule has 0 unspecified atom stereocenters. The lowest BCUT2D eigenvalue weighted by molar-refractivity contribution is -0.116. The molecule has 5 rings (SSSR count). The lowest BCUT2D eigenvalue weighted by atomic mass is 9.87. The minimum atomic E-state index is -0.393. The van der Waals surface area contributed by atoms with Crippen LogP contribution in [0.1, 0.15) is 31.9 Å². The summed E-state index contributed by atoms with van der Waals surface area (Å²) < 4.78 is 6.16. The normalized spacial score (nSPS) is 13.4. The van der Waals surface area contributed by atoms with Crippen molar-refractivity contribution in [3.63, 3.8) is 0 Å². The van der Waals surface area contributed by atoms with Crippen LogP contribution >= 0.6 is 0 Å². The van der Waals surface area contributed by atoms with E-state index in [1.54, 1.807) is 49.5 Å². The number of hydrogen-bond acceptors (Lipinski definition) is 7. The van der Waals surface area contributed by atoms with Crippen LogP contribution in [0.25, 0.3) is 11.3 Å². The van der Waals surface area contributed by atoms with Crippen LogP contribution in [0, 0.1) is 6.92 Å². The molecule has 3 amide bonds. The van der Waals surface area contributed by atoms with Gasteiger partial charge >= 0.3 is 6.03 Å². The highest BCUT2D eigenvalue weighted by Gasteiger charge is 2.36.